The van der Waals surface area contributed by atoms with Crippen LogP contribution in [0.25, 0.3) is 104 Å². The standard InChI is InChI=1S/C45H26N4OS/c1-3-11-27(12-4-1)43-46-44(48-45(47-43)29-20-24-40-34(25-29)32-16-8-10-18-39(32)51-40)28-19-22-37-35(26-28)41-38(50-37)23-21-33-31-15-7-9-17-36(31)49(42(33)41)30-13-5-2-6-14-30/h1-26H. The number of rotatable bonds is 4. The van der Waals surface area contributed by atoms with E-state index in [-0.39, 0.29) is 0 Å². The Morgan fingerprint density at radius 2 is 1.04 bits per heavy atom. The van der Waals surface area contributed by atoms with Crippen LogP contribution in [0.5, 0.6) is 0 Å². The Kier molecular flexibility index (Phi) is 6.05. The van der Waals surface area contributed by atoms with Gasteiger partial charge in [0.25, 0.3) is 0 Å². The van der Waals surface area contributed by atoms with Gasteiger partial charge in [0.1, 0.15) is 11.2 Å². The van der Waals surface area contributed by atoms with Crippen molar-refractivity contribution in [1.82, 2.24) is 19.5 Å². The molecule has 0 aliphatic carbocycles. The van der Waals surface area contributed by atoms with Crippen molar-refractivity contribution in [2.24, 2.45) is 0 Å². The molecular weight excluding hydrogens is 645 g/mol. The predicted octanol–water partition coefficient (Wildman–Crippen LogP) is 12.2. The van der Waals surface area contributed by atoms with Gasteiger partial charge in [-0.05, 0) is 72.8 Å². The van der Waals surface area contributed by atoms with Gasteiger partial charge in [-0.1, -0.05) is 84.9 Å². The van der Waals surface area contributed by atoms with E-state index in [0.717, 1.165) is 55.3 Å². The number of aromatic nitrogens is 4. The lowest BCUT2D eigenvalue weighted by atomic mass is 10.1. The van der Waals surface area contributed by atoms with Gasteiger partial charge in [0, 0.05) is 58.7 Å². The Bertz CT molecular complexity index is 3140. The minimum Gasteiger partial charge on any atom is -0.456 e. The second-order valence-electron chi connectivity index (χ2n) is 12.8. The fourth-order valence-corrected chi connectivity index (χ4v) is 8.60. The summed E-state index contributed by atoms with van der Waals surface area (Å²) < 4.78 is 11.4. The van der Waals surface area contributed by atoms with Crippen molar-refractivity contribution in [3.63, 3.8) is 0 Å². The fraction of sp³-hybridized carbons (Fsp3) is 0. The van der Waals surface area contributed by atoms with Crippen LogP contribution < -0.4 is 0 Å². The Balaban J connectivity index is 1.17. The van der Waals surface area contributed by atoms with Gasteiger partial charge in [-0.15, -0.1) is 11.3 Å². The van der Waals surface area contributed by atoms with Crippen molar-refractivity contribution in [3.05, 3.63) is 158 Å². The zero-order valence-corrected chi connectivity index (χ0v) is 27.9. The van der Waals surface area contributed by atoms with Crippen LogP contribution in [-0.2, 0) is 0 Å². The van der Waals surface area contributed by atoms with E-state index in [4.69, 9.17) is 19.4 Å². The number of nitrogens with zero attached hydrogens (tertiary/aromatic N) is 4. The third-order valence-electron chi connectivity index (χ3n) is 9.84. The summed E-state index contributed by atoms with van der Waals surface area (Å²) in [5.74, 6) is 1.88. The lowest BCUT2D eigenvalue weighted by Crippen LogP contribution is -2.00. The summed E-state index contributed by atoms with van der Waals surface area (Å²) in [7, 11) is 0. The normalized spacial score (nSPS) is 11.9. The third-order valence-corrected chi connectivity index (χ3v) is 11.0. The average Bonchev–Trinajstić information content (AvgIpc) is 3.87. The summed E-state index contributed by atoms with van der Waals surface area (Å²) >= 11 is 1.81. The zero-order valence-electron chi connectivity index (χ0n) is 27.1. The first-order valence-electron chi connectivity index (χ1n) is 16.9. The number of thiophene rings is 1. The molecule has 0 unspecified atom stereocenters. The van der Waals surface area contributed by atoms with Gasteiger partial charge < -0.3 is 8.98 Å². The summed E-state index contributed by atoms with van der Waals surface area (Å²) in [5, 5.41) is 6.92. The minimum atomic E-state index is 0.612. The van der Waals surface area contributed by atoms with Crippen molar-refractivity contribution in [2.75, 3.05) is 0 Å². The monoisotopic (exact) mass is 670 g/mol. The number of furan rings is 1. The molecule has 11 aromatic rings. The molecule has 0 saturated carbocycles. The molecule has 0 fully saturated rings. The maximum Gasteiger partial charge on any atom is 0.164 e. The topological polar surface area (TPSA) is 56.7 Å². The van der Waals surface area contributed by atoms with Crippen molar-refractivity contribution in [3.8, 4) is 39.9 Å². The summed E-state index contributed by atoms with van der Waals surface area (Å²) in [5.41, 5.74) is 7.82. The molecule has 0 aliphatic heterocycles. The van der Waals surface area contributed by atoms with Crippen LogP contribution in [-0.4, -0.2) is 19.5 Å². The lowest BCUT2D eigenvalue weighted by Gasteiger charge is -2.09. The number of hydrogen-bond acceptors (Lipinski definition) is 5. The molecule has 4 heterocycles. The molecule has 11 rings (SSSR count). The third kappa shape index (κ3) is 4.37. The fourth-order valence-electron chi connectivity index (χ4n) is 7.52. The second-order valence-corrected chi connectivity index (χ2v) is 13.9. The molecule has 0 saturated heterocycles. The second kappa shape index (κ2) is 10.9. The lowest BCUT2D eigenvalue weighted by molar-refractivity contribution is 0.669. The first-order chi connectivity index (χ1) is 25.3. The first-order valence-corrected chi connectivity index (χ1v) is 17.8. The van der Waals surface area contributed by atoms with E-state index < -0.39 is 0 Å². The highest BCUT2D eigenvalue weighted by molar-refractivity contribution is 7.25. The van der Waals surface area contributed by atoms with E-state index in [1.54, 1.807) is 11.3 Å². The van der Waals surface area contributed by atoms with Gasteiger partial charge in [-0.2, -0.15) is 0 Å². The molecule has 0 N–H and O–H groups in total. The average molecular weight is 671 g/mol. The molecule has 5 nitrogen and oxygen atoms in total. The number of fused-ring (bicyclic) bond motifs is 10. The van der Waals surface area contributed by atoms with Gasteiger partial charge in [-0.3, -0.25) is 0 Å². The summed E-state index contributed by atoms with van der Waals surface area (Å²) in [4.78, 5) is 15.3. The van der Waals surface area contributed by atoms with E-state index in [9.17, 15) is 0 Å². The van der Waals surface area contributed by atoms with Crippen LogP contribution >= 0.6 is 11.3 Å². The Labute approximate surface area is 295 Å². The molecule has 0 amide bonds. The summed E-state index contributed by atoms with van der Waals surface area (Å²) in [6.45, 7) is 0. The molecule has 7 aromatic carbocycles. The smallest absolute Gasteiger partial charge is 0.164 e. The Hall–Kier alpha value is -6.63. The van der Waals surface area contributed by atoms with Crippen molar-refractivity contribution < 1.29 is 4.42 Å². The van der Waals surface area contributed by atoms with Crippen molar-refractivity contribution in [2.45, 2.75) is 0 Å². The van der Waals surface area contributed by atoms with E-state index in [1.165, 1.54) is 30.9 Å². The van der Waals surface area contributed by atoms with Gasteiger partial charge in [0.05, 0.1) is 16.4 Å². The van der Waals surface area contributed by atoms with Crippen LogP contribution in [0.1, 0.15) is 0 Å². The molecule has 238 valence electrons. The zero-order chi connectivity index (χ0) is 33.5. The van der Waals surface area contributed by atoms with Crippen LogP contribution in [0.3, 0.4) is 0 Å². The molecule has 6 heteroatoms. The SMILES string of the molecule is c1ccc(-c2nc(-c3ccc4sc5ccccc5c4c3)nc(-c3ccc4oc5ccc6c7ccccc7n(-c7ccccc7)c6c5c4c3)n2)cc1. The molecule has 0 aliphatic rings. The van der Waals surface area contributed by atoms with Crippen LogP contribution in [0.4, 0.5) is 0 Å². The van der Waals surface area contributed by atoms with Gasteiger partial charge in [0.15, 0.2) is 17.5 Å². The van der Waals surface area contributed by atoms with Crippen LogP contribution in [0.15, 0.2) is 162 Å². The van der Waals surface area contributed by atoms with Crippen molar-refractivity contribution in [1.29, 1.82) is 0 Å². The van der Waals surface area contributed by atoms with E-state index in [0.29, 0.717) is 17.5 Å². The molecule has 51 heavy (non-hydrogen) atoms. The Morgan fingerprint density at radius 1 is 0.431 bits per heavy atom. The van der Waals surface area contributed by atoms with Gasteiger partial charge >= 0.3 is 0 Å². The number of benzene rings is 7. The Morgan fingerprint density at radius 3 is 1.84 bits per heavy atom. The van der Waals surface area contributed by atoms with Crippen LogP contribution in [0.2, 0.25) is 0 Å². The maximum absolute atomic E-state index is 6.53. The minimum absolute atomic E-state index is 0.612. The van der Waals surface area contributed by atoms with Gasteiger partial charge in [0.2, 0.25) is 0 Å². The van der Waals surface area contributed by atoms with Crippen LogP contribution in [0, 0.1) is 0 Å². The highest BCUT2D eigenvalue weighted by atomic mass is 32.1. The number of hydrogen-bond donors (Lipinski definition) is 0. The highest BCUT2D eigenvalue weighted by Gasteiger charge is 2.20. The molecule has 0 atom stereocenters. The number of para-hydroxylation sites is 2. The maximum atomic E-state index is 6.53. The van der Waals surface area contributed by atoms with Gasteiger partial charge in [-0.25, -0.2) is 15.0 Å². The summed E-state index contributed by atoms with van der Waals surface area (Å²) in [6.07, 6.45) is 0. The van der Waals surface area contributed by atoms with Crippen molar-refractivity contribution >= 4 is 75.3 Å². The predicted molar refractivity (Wildman–Crippen MR) is 211 cm³/mol. The molecular formula is C45H26N4OS. The highest BCUT2D eigenvalue weighted by Crippen LogP contribution is 2.42. The van der Waals surface area contributed by atoms with E-state index in [1.807, 2.05) is 36.4 Å². The van der Waals surface area contributed by atoms with E-state index >= 15 is 0 Å². The molecule has 0 radical (unpaired) electrons. The summed E-state index contributed by atoms with van der Waals surface area (Å²) in [6, 6.07) is 54.9. The first kappa shape index (κ1) is 28.2. The molecule has 0 spiro atoms. The van der Waals surface area contributed by atoms with E-state index in [2.05, 4.69) is 126 Å². The molecule has 0 bridgehead atoms. The largest absolute Gasteiger partial charge is 0.456 e. The molecule has 4 aromatic heterocycles. The quantitative estimate of drug-likeness (QED) is 0.187.